The van der Waals surface area contributed by atoms with E-state index in [0.717, 1.165) is 7.11 Å². The normalized spacial score (nSPS) is 10.7. The average molecular weight is 396 g/mol. The van der Waals surface area contributed by atoms with Gasteiger partial charge < -0.3 is 9.47 Å². The Morgan fingerprint density at radius 2 is 1.37 bits per heavy atom. The van der Waals surface area contributed by atoms with Crippen molar-refractivity contribution in [1.82, 2.24) is 0 Å². The van der Waals surface area contributed by atoms with Crippen molar-refractivity contribution < 1.29 is 31.8 Å². The molecule has 0 N–H and O–H groups in total. The predicted molar refractivity (Wildman–Crippen MR) is 92.9 cm³/mol. The van der Waals surface area contributed by atoms with E-state index in [1.807, 2.05) is 0 Å². The van der Waals surface area contributed by atoms with Gasteiger partial charge in [-0.1, -0.05) is 12.1 Å². The van der Waals surface area contributed by atoms with Gasteiger partial charge in [-0.25, -0.2) is 22.4 Å². The summed E-state index contributed by atoms with van der Waals surface area (Å²) in [6.07, 6.45) is 0. The minimum Gasteiger partial charge on any atom is -0.497 e. The van der Waals surface area contributed by atoms with E-state index in [9.17, 15) is 22.4 Å². The maximum Gasteiger partial charge on any atom is 0.348 e. The van der Waals surface area contributed by atoms with Crippen LogP contribution in [0.5, 0.6) is 5.75 Å². The number of methoxy groups -OCH3 is 2. The highest BCUT2D eigenvalue weighted by atomic mass is 32.1. The number of carbonyl (C=O) groups excluding carboxylic acids is 1. The minimum absolute atomic E-state index is 0.0448. The number of ether oxygens (including phenoxy) is 2. The lowest BCUT2D eigenvalue weighted by atomic mass is 10.00. The molecule has 3 aromatic rings. The fourth-order valence-corrected chi connectivity index (χ4v) is 3.50. The van der Waals surface area contributed by atoms with Crippen molar-refractivity contribution >= 4 is 17.3 Å². The van der Waals surface area contributed by atoms with Gasteiger partial charge in [0.25, 0.3) is 0 Å². The first-order valence-corrected chi connectivity index (χ1v) is 8.39. The highest BCUT2D eigenvalue weighted by molar-refractivity contribution is 7.17. The molecule has 0 spiro atoms. The Morgan fingerprint density at radius 1 is 0.815 bits per heavy atom. The van der Waals surface area contributed by atoms with E-state index in [0.29, 0.717) is 17.1 Å². The molecule has 0 amide bonds. The fraction of sp³-hybridized carbons (Fsp3) is 0.105. The third kappa shape index (κ3) is 3.28. The summed E-state index contributed by atoms with van der Waals surface area (Å²) in [5.74, 6) is -6.44. The highest BCUT2D eigenvalue weighted by Gasteiger charge is 2.28. The molecule has 140 valence electrons. The molecule has 2 aromatic carbocycles. The third-order valence-electron chi connectivity index (χ3n) is 3.88. The first-order valence-electron chi connectivity index (χ1n) is 7.58. The minimum atomic E-state index is -1.54. The van der Waals surface area contributed by atoms with E-state index < -0.39 is 40.4 Å². The van der Waals surface area contributed by atoms with Crippen molar-refractivity contribution in [2.45, 2.75) is 0 Å². The summed E-state index contributed by atoms with van der Waals surface area (Å²) in [5.41, 5.74) is -1.74. The monoisotopic (exact) mass is 396 g/mol. The molecule has 0 aliphatic carbocycles. The summed E-state index contributed by atoms with van der Waals surface area (Å²) in [4.78, 5) is 11.4. The summed E-state index contributed by atoms with van der Waals surface area (Å²) in [5, 5.41) is 0. The van der Waals surface area contributed by atoms with Gasteiger partial charge in [-0.15, -0.1) is 11.3 Å². The molecule has 0 aliphatic rings. The first-order chi connectivity index (χ1) is 12.9. The highest BCUT2D eigenvalue weighted by Crippen LogP contribution is 2.39. The van der Waals surface area contributed by atoms with Crippen LogP contribution in [0.1, 0.15) is 9.67 Å². The summed E-state index contributed by atoms with van der Waals surface area (Å²) in [7, 11) is 2.56. The van der Waals surface area contributed by atoms with Gasteiger partial charge in [0.15, 0.2) is 23.3 Å². The van der Waals surface area contributed by atoms with Crippen LogP contribution >= 0.6 is 11.3 Å². The molecule has 27 heavy (non-hydrogen) atoms. The lowest BCUT2D eigenvalue weighted by molar-refractivity contribution is 0.0606. The quantitative estimate of drug-likeness (QED) is 0.335. The smallest absolute Gasteiger partial charge is 0.348 e. The van der Waals surface area contributed by atoms with Crippen LogP contribution in [0.4, 0.5) is 17.6 Å². The van der Waals surface area contributed by atoms with Gasteiger partial charge >= 0.3 is 5.97 Å². The molecule has 0 aliphatic heterocycles. The largest absolute Gasteiger partial charge is 0.497 e. The maximum absolute atomic E-state index is 14.6. The number of halogens is 4. The number of esters is 1. The van der Waals surface area contributed by atoms with Gasteiger partial charge in [-0.2, -0.15) is 0 Å². The fourth-order valence-electron chi connectivity index (χ4n) is 2.54. The van der Waals surface area contributed by atoms with Crippen molar-refractivity contribution in [2.75, 3.05) is 14.2 Å². The number of hydrogen-bond acceptors (Lipinski definition) is 4. The summed E-state index contributed by atoms with van der Waals surface area (Å²) < 4.78 is 67.8. The Bertz CT molecular complexity index is 984. The molecule has 1 heterocycles. The number of benzene rings is 2. The molecule has 8 heteroatoms. The van der Waals surface area contributed by atoms with E-state index in [1.165, 1.54) is 43.5 Å². The van der Waals surface area contributed by atoms with Crippen molar-refractivity contribution in [3.8, 4) is 27.3 Å². The van der Waals surface area contributed by atoms with Crippen LogP contribution < -0.4 is 4.74 Å². The van der Waals surface area contributed by atoms with Crippen molar-refractivity contribution in [3.05, 3.63) is 64.5 Å². The van der Waals surface area contributed by atoms with Crippen LogP contribution in [-0.2, 0) is 4.74 Å². The Kier molecular flexibility index (Phi) is 5.18. The Hall–Kier alpha value is -2.87. The number of rotatable bonds is 4. The molecule has 0 radical (unpaired) electrons. The second-order valence-corrected chi connectivity index (χ2v) is 6.47. The van der Waals surface area contributed by atoms with Gasteiger partial charge in [0.2, 0.25) is 0 Å². The molecule has 3 nitrogen and oxygen atoms in total. The molecule has 0 saturated heterocycles. The van der Waals surface area contributed by atoms with Crippen LogP contribution in [0.15, 0.2) is 36.4 Å². The summed E-state index contributed by atoms with van der Waals surface area (Å²) in [6, 6.07) is 7.88. The van der Waals surface area contributed by atoms with Crippen LogP contribution in [0.2, 0.25) is 0 Å². The van der Waals surface area contributed by atoms with E-state index in [1.54, 1.807) is 0 Å². The van der Waals surface area contributed by atoms with Gasteiger partial charge in [0.05, 0.1) is 25.3 Å². The zero-order valence-electron chi connectivity index (χ0n) is 14.1. The van der Waals surface area contributed by atoms with Gasteiger partial charge in [-0.05, 0) is 29.8 Å². The molecule has 1 aromatic heterocycles. The number of hydrogen-bond donors (Lipinski definition) is 0. The summed E-state index contributed by atoms with van der Waals surface area (Å²) in [6.45, 7) is 0. The molecule has 0 unspecified atom stereocenters. The van der Waals surface area contributed by atoms with Gasteiger partial charge in [0, 0.05) is 4.88 Å². The molecular weight excluding hydrogens is 384 g/mol. The maximum atomic E-state index is 14.6. The van der Waals surface area contributed by atoms with E-state index in [-0.39, 0.29) is 15.3 Å². The Labute approximate surface area is 155 Å². The standard InChI is InChI=1S/C19H12F4O3S/c1-25-10-5-3-9(4-6-10)13-15(20)17(22)14(18(23)16(13)21)11-7-8-12(27-11)19(24)26-2/h3-8H,1-2H3. The van der Waals surface area contributed by atoms with Crippen LogP contribution in [-0.4, -0.2) is 20.2 Å². The predicted octanol–water partition coefficient (Wildman–Crippen LogP) is 5.43. The van der Waals surface area contributed by atoms with Crippen LogP contribution in [0.25, 0.3) is 21.6 Å². The molecule has 0 atom stereocenters. The molecule has 0 fully saturated rings. The van der Waals surface area contributed by atoms with Gasteiger partial charge in [0.1, 0.15) is 10.6 Å². The lowest BCUT2D eigenvalue weighted by Gasteiger charge is -2.12. The van der Waals surface area contributed by atoms with Crippen molar-refractivity contribution in [3.63, 3.8) is 0 Å². The Balaban J connectivity index is 2.16. The zero-order valence-corrected chi connectivity index (χ0v) is 14.9. The molecule has 3 rings (SSSR count). The van der Waals surface area contributed by atoms with E-state index in [2.05, 4.69) is 4.74 Å². The molecule has 0 saturated carbocycles. The number of carbonyl (C=O) groups is 1. The van der Waals surface area contributed by atoms with Crippen molar-refractivity contribution in [2.24, 2.45) is 0 Å². The zero-order chi connectivity index (χ0) is 19.7. The van der Waals surface area contributed by atoms with Crippen molar-refractivity contribution in [1.29, 1.82) is 0 Å². The third-order valence-corrected chi connectivity index (χ3v) is 4.96. The lowest BCUT2D eigenvalue weighted by Crippen LogP contribution is -2.03. The molecule has 0 bridgehead atoms. The Morgan fingerprint density at radius 3 is 1.89 bits per heavy atom. The first kappa shape index (κ1) is 18.9. The summed E-state index contributed by atoms with van der Waals surface area (Å²) >= 11 is 0.667. The van der Waals surface area contributed by atoms with E-state index in [4.69, 9.17) is 4.74 Å². The number of thiophene rings is 1. The van der Waals surface area contributed by atoms with Crippen LogP contribution in [0.3, 0.4) is 0 Å². The average Bonchev–Trinajstić information content (AvgIpc) is 3.16. The molecular formula is C19H12F4O3S. The topological polar surface area (TPSA) is 35.5 Å². The SMILES string of the molecule is COC(=O)c1ccc(-c2c(F)c(F)c(-c3ccc(OC)cc3)c(F)c2F)s1. The van der Waals surface area contributed by atoms with Gasteiger partial charge in [-0.3, -0.25) is 0 Å². The second-order valence-electron chi connectivity index (χ2n) is 5.39. The second kappa shape index (κ2) is 7.40. The van der Waals surface area contributed by atoms with Crippen LogP contribution in [0, 0.1) is 23.3 Å². The van der Waals surface area contributed by atoms with E-state index >= 15 is 0 Å².